The molecule has 2 aromatic carbocycles. The van der Waals surface area contributed by atoms with E-state index in [4.69, 9.17) is 9.84 Å². The largest absolute Gasteiger partial charge is 0.468 e. The van der Waals surface area contributed by atoms with Crippen molar-refractivity contribution in [1.29, 1.82) is 0 Å². The van der Waals surface area contributed by atoms with Gasteiger partial charge >= 0.3 is 0 Å². The molecule has 4 N–H and O–H groups in total. The first-order valence-corrected chi connectivity index (χ1v) is 5.25. The molecule has 0 aliphatic heterocycles. The summed E-state index contributed by atoms with van der Waals surface area (Å²) in [6.45, 7) is -0.369. The van der Waals surface area contributed by atoms with Crippen LogP contribution in [0, 0.1) is 0 Å². The van der Waals surface area contributed by atoms with Gasteiger partial charge in [-0.2, -0.15) is 0 Å². The summed E-state index contributed by atoms with van der Waals surface area (Å²) in [6, 6.07) is 15.8. The predicted molar refractivity (Wildman–Crippen MR) is 69.1 cm³/mol. The number of ketones is 1. The fraction of sp³-hybridized carbons (Fsp3) is 0.0714. The predicted octanol–water partition coefficient (Wildman–Crippen LogP) is 2.41. The highest BCUT2D eigenvalue weighted by molar-refractivity contribution is 6.08. The lowest BCUT2D eigenvalue weighted by Crippen LogP contribution is -2.01. The smallest absolute Gasteiger partial charge is 0.193 e. The Balaban J connectivity index is 0.00000162. The van der Waals surface area contributed by atoms with Crippen LogP contribution in [-0.4, -0.2) is 17.7 Å². The van der Waals surface area contributed by atoms with Crippen molar-refractivity contribution in [3.05, 3.63) is 65.7 Å². The first kappa shape index (κ1) is 13.9. The molecule has 0 unspecified atom stereocenters. The van der Waals surface area contributed by atoms with Gasteiger partial charge in [0.2, 0.25) is 0 Å². The Bertz CT molecular complexity index is 494. The fourth-order valence-corrected chi connectivity index (χ4v) is 1.53. The molecule has 0 radical (unpaired) electrons. The second-order valence-electron chi connectivity index (χ2n) is 3.49. The molecule has 0 aliphatic carbocycles. The van der Waals surface area contributed by atoms with E-state index in [1.54, 1.807) is 36.4 Å². The molecule has 0 bridgehead atoms. The van der Waals surface area contributed by atoms with Crippen LogP contribution in [0.1, 0.15) is 15.9 Å². The molecule has 94 valence electrons. The molecule has 2 aromatic rings. The van der Waals surface area contributed by atoms with Gasteiger partial charge in [0.05, 0.1) is 0 Å². The lowest BCUT2D eigenvalue weighted by atomic mass is 10.0. The summed E-state index contributed by atoms with van der Waals surface area (Å²) < 4.78 is 4.89. The van der Waals surface area contributed by atoms with E-state index in [9.17, 15) is 4.79 Å². The molecule has 0 saturated heterocycles. The highest BCUT2D eigenvalue weighted by Crippen LogP contribution is 2.15. The number of benzene rings is 2. The van der Waals surface area contributed by atoms with Gasteiger partial charge in [0.15, 0.2) is 12.6 Å². The summed E-state index contributed by atoms with van der Waals surface area (Å²) in [7, 11) is 0. The zero-order chi connectivity index (χ0) is 12.1. The number of aliphatic hydroxyl groups excluding tert-OH is 1. The SMILES string of the molecule is N.O=C(c1ccccc1)c1ccc(OCO)cc1. The zero-order valence-corrected chi connectivity index (χ0v) is 9.87. The molecular weight excluding hydrogens is 230 g/mol. The third-order valence-electron chi connectivity index (χ3n) is 2.38. The number of aliphatic hydroxyl groups is 1. The van der Waals surface area contributed by atoms with Crippen molar-refractivity contribution in [3.8, 4) is 5.75 Å². The monoisotopic (exact) mass is 245 g/mol. The number of hydrogen-bond acceptors (Lipinski definition) is 4. The molecule has 0 saturated carbocycles. The third-order valence-corrected chi connectivity index (χ3v) is 2.38. The normalized spacial score (nSPS) is 9.39. The summed E-state index contributed by atoms with van der Waals surface area (Å²) >= 11 is 0. The van der Waals surface area contributed by atoms with Crippen LogP contribution >= 0.6 is 0 Å². The Morgan fingerprint density at radius 2 is 1.50 bits per heavy atom. The molecule has 0 fully saturated rings. The summed E-state index contributed by atoms with van der Waals surface area (Å²) in [4.78, 5) is 12.0. The van der Waals surface area contributed by atoms with Crippen molar-refractivity contribution < 1.29 is 14.6 Å². The minimum absolute atomic E-state index is 0. The Morgan fingerprint density at radius 1 is 0.944 bits per heavy atom. The molecule has 0 heterocycles. The maximum atomic E-state index is 12.0. The van der Waals surface area contributed by atoms with Crippen LogP contribution in [0.3, 0.4) is 0 Å². The van der Waals surface area contributed by atoms with Gasteiger partial charge in [-0.1, -0.05) is 30.3 Å². The van der Waals surface area contributed by atoms with Gasteiger partial charge < -0.3 is 16.0 Å². The molecule has 2 rings (SSSR count). The molecule has 18 heavy (non-hydrogen) atoms. The number of ether oxygens (including phenoxy) is 1. The van der Waals surface area contributed by atoms with Gasteiger partial charge in [-0.25, -0.2) is 0 Å². The van der Waals surface area contributed by atoms with Crippen molar-refractivity contribution in [2.24, 2.45) is 0 Å². The van der Waals surface area contributed by atoms with Crippen LogP contribution < -0.4 is 10.9 Å². The number of hydrogen-bond donors (Lipinski definition) is 2. The van der Waals surface area contributed by atoms with Gasteiger partial charge in [0.25, 0.3) is 0 Å². The van der Waals surface area contributed by atoms with E-state index in [1.807, 2.05) is 18.2 Å². The van der Waals surface area contributed by atoms with Crippen molar-refractivity contribution >= 4 is 5.78 Å². The van der Waals surface area contributed by atoms with Gasteiger partial charge in [0, 0.05) is 11.1 Å². The minimum atomic E-state index is -0.369. The van der Waals surface area contributed by atoms with Crippen molar-refractivity contribution in [1.82, 2.24) is 6.15 Å². The number of rotatable bonds is 4. The number of carbonyl (C=O) groups is 1. The highest BCUT2D eigenvalue weighted by atomic mass is 16.6. The maximum Gasteiger partial charge on any atom is 0.193 e. The van der Waals surface area contributed by atoms with E-state index in [2.05, 4.69) is 0 Å². The van der Waals surface area contributed by atoms with Crippen LogP contribution in [0.4, 0.5) is 0 Å². The maximum absolute atomic E-state index is 12.0. The van der Waals surface area contributed by atoms with Crippen molar-refractivity contribution in [2.45, 2.75) is 0 Å². The summed E-state index contributed by atoms with van der Waals surface area (Å²) in [5.41, 5.74) is 1.25. The average molecular weight is 245 g/mol. The van der Waals surface area contributed by atoms with Crippen molar-refractivity contribution in [2.75, 3.05) is 6.79 Å². The van der Waals surface area contributed by atoms with Crippen LogP contribution in [0.15, 0.2) is 54.6 Å². The molecule has 0 amide bonds. The Kier molecular flexibility index (Phi) is 5.05. The Hall–Kier alpha value is -2.17. The molecular formula is C14H15NO3. The summed E-state index contributed by atoms with van der Waals surface area (Å²) in [6.07, 6.45) is 0. The van der Waals surface area contributed by atoms with Crippen LogP contribution in [-0.2, 0) is 0 Å². The Labute approximate surface area is 105 Å². The summed E-state index contributed by atoms with van der Waals surface area (Å²) in [5.74, 6) is 0.512. The van der Waals surface area contributed by atoms with E-state index in [0.29, 0.717) is 16.9 Å². The zero-order valence-electron chi connectivity index (χ0n) is 9.87. The van der Waals surface area contributed by atoms with E-state index >= 15 is 0 Å². The quantitative estimate of drug-likeness (QED) is 0.640. The van der Waals surface area contributed by atoms with Crippen LogP contribution in [0.2, 0.25) is 0 Å². The highest BCUT2D eigenvalue weighted by Gasteiger charge is 2.07. The van der Waals surface area contributed by atoms with E-state index in [-0.39, 0.29) is 18.7 Å². The van der Waals surface area contributed by atoms with Gasteiger partial charge in [-0.15, -0.1) is 0 Å². The third kappa shape index (κ3) is 3.16. The van der Waals surface area contributed by atoms with Crippen molar-refractivity contribution in [3.63, 3.8) is 0 Å². The standard InChI is InChI=1S/C14H12O3.H3N/c15-10-17-13-8-6-12(7-9-13)14(16)11-4-2-1-3-5-11;/h1-9,15H,10H2;1H3. The first-order chi connectivity index (χ1) is 8.31. The summed E-state index contributed by atoms with van der Waals surface area (Å²) in [5, 5.41) is 8.59. The minimum Gasteiger partial charge on any atom is -0.468 e. The molecule has 4 nitrogen and oxygen atoms in total. The van der Waals surface area contributed by atoms with Gasteiger partial charge in [0.1, 0.15) is 5.75 Å². The van der Waals surface area contributed by atoms with E-state index < -0.39 is 0 Å². The first-order valence-electron chi connectivity index (χ1n) is 5.25. The fourth-order valence-electron chi connectivity index (χ4n) is 1.53. The Morgan fingerprint density at radius 3 is 2.06 bits per heavy atom. The lowest BCUT2D eigenvalue weighted by molar-refractivity contribution is 0.0985. The number of carbonyl (C=O) groups excluding carboxylic acids is 1. The average Bonchev–Trinajstić information content (AvgIpc) is 2.40. The molecule has 0 atom stereocenters. The van der Waals surface area contributed by atoms with E-state index in [1.165, 1.54) is 0 Å². The molecule has 0 aliphatic rings. The van der Waals surface area contributed by atoms with Crippen LogP contribution in [0.25, 0.3) is 0 Å². The van der Waals surface area contributed by atoms with Gasteiger partial charge in [-0.05, 0) is 24.3 Å². The molecule has 0 spiro atoms. The molecule has 4 heteroatoms. The lowest BCUT2D eigenvalue weighted by Gasteiger charge is -2.04. The second-order valence-corrected chi connectivity index (χ2v) is 3.49. The van der Waals surface area contributed by atoms with Crippen LogP contribution in [0.5, 0.6) is 5.75 Å². The molecule has 0 aromatic heterocycles. The topological polar surface area (TPSA) is 81.5 Å². The van der Waals surface area contributed by atoms with Gasteiger partial charge in [-0.3, -0.25) is 4.79 Å². The van der Waals surface area contributed by atoms with E-state index in [0.717, 1.165) is 0 Å². The second kappa shape index (κ2) is 6.54.